The van der Waals surface area contributed by atoms with Gasteiger partial charge >= 0.3 is 5.97 Å². The summed E-state index contributed by atoms with van der Waals surface area (Å²) in [5.41, 5.74) is 0. The lowest BCUT2D eigenvalue weighted by Crippen LogP contribution is -2.32. The third-order valence-electron chi connectivity index (χ3n) is 2.02. The van der Waals surface area contributed by atoms with Gasteiger partial charge in [-0.3, -0.25) is 4.79 Å². The minimum atomic E-state index is -0.573. The molecule has 0 unspecified atom stereocenters. The molecular formula is C10H20BrNO2. The maximum atomic E-state index is 11.3. The zero-order valence-electron chi connectivity index (χ0n) is 9.47. The number of hydrogen-bond donors (Lipinski definition) is 0. The Balaban J connectivity index is 3.69. The number of carbonyl (C=O) groups is 1. The van der Waals surface area contributed by atoms with E-state index in [0.29, 0.717) is 6.61 Å². The van der Waals surface area contributed by atoms with E-state index in [1.807, 2.05) is 0 Å². The van der Waals surface area contributed by atoms with E-state index in [0.717, 1.165) is 19.6 Å². The molecule has 0 N–H and O–H groups in total. The van der Waals surface area contributed by atoms with Gasteiger partial charge in [-0.1, -0.05) is 29.8 Å². The normalized spacial score (nSPS) is 11.9. The summed E-state index contributed by atoms with van der Waals surface area (Å²) in [4.78, 5) is 13.6. The fraction of sp³-hybridized carbons (Fsp3) is 0.900. The summed E-state index contributed by atoms with van der Waals surface area (Å²) in [6.45, 7) is 11.0. The molecule has 84 valence electrons. The maximum absolute atomic E-state index is 11.3. The molecule has 0 aliphatic carbocycles. The molecule has 0 saturated carbocycles. The van der Waals surface area contributed by atoms with Crippen molar-refractivity contribution in [2.45, 2.75) is 32.0 Å². The Labute approximate surface area is 94.9 Å². The zero-order valence-corrected chi connectivity index (χ0v) is 11.1. The van der Waals surface area contributed by atoms with Gasteiger partial charge in [-0.15, -0.1) is 0 Å². The van der Waals surface area contributed by atoms with Gasteiger partial charge in [-0.05, 0) is 26.9 Å². The van der Waals surface area contributed by atoms with E-state index in [1.165, 1.54) is 0 Å². The highest BCUT2D eigenvalue weighted by Crippen LogP contribution is 2.17. The highest BCUT2D eigenvalue weighted by molar-refractivity contribution is 9.10. The quantitative estimate of drug-likeness (QED) is 0.544. The average Bonchev–Trinajstić information content (AvgIpc) is 2.10. The SMILES string of the molecule is CCN(CC)CCOC(=O)C(C)(C)Br. The smallest absolute Gasteiger partial charge is 0.322 e. The van der Waals surface area contributed by atoms with E-state index in [1.54, 1.807) is 13.8 Å². The topological polar surface area (TPSA) is 29.5 Å². The molecule has 0 bridgehead atoms. The van der Waals surface area contributed by atoms with Gasteiger partial charge in [0.25, 0.3) is 0 Å². The van der Waals surface area contributed by atoms with Crippen LogP contribution in [0.5, 0.6) is 0 Å². The molecule has 0 fully saturated rings. The Morgan fingerprint density at radius 2 is 1.86 bits per heavy atom. The number of carbonyl (C=O) groups excluding carboxylic acids is 1. The number of nitrogens with zero attached hydrogens (tertiary/aromatic N) is 1. The summed E-state index contributed by atoms with van der Waals surface area (Å²) in [6, 6.07) is 0. The van der Waals surface area contributed by atoms with Crippen molar-refractivity contribution in [2.75, 3.05) is 26.2 Å². The second kappa shape index (κ2) is 6.40. The molecule has 0 aliphatic rings. The number of esters is 1. The van der Waals surface area contributed by atoms with Crippen molar-refractivity contribution in [3.05, 3.63) is 0 Å². The number of alkyl halides is 1. The number of likely N-dealkylation sites (N-methyl/N-ethyl adjacent to an activating group) is 1. The Kier molecular flexibility index (Phi) is 6.36. The van der Waals surface area contributed by atoms with E-state index >= 15 is 0 Å². The van der Waals surface area contributed by atoms with Crippen molar-refractivity contribution < 1.29 is 9.53 Å². The van der Waals surface area contributed by atoms with Crippen LogP contribution >= 0.6 is 15.9 Å². The standard InChI is InChI=1S/C10H20BrNO2/c1-5-12(6-2)7-8-14-9(13)10(3,4)11/h5-8H2,1-4H3. The lowest BCUT2D eigenvalue weighted by atomic mass is 10.2. The number of ether oxygens (including phenoxy) is 1. The predicted octanol–water partition coefficient (Wildman–Crippen LogP) is 2.04. The summed E-state index contributed by atoms with van der Waals surface area (Å²) in [5.74, 6) is -0.204. The Hall–Kier alpha value is -0.0900. The van der Waals surface area contributed by atoms with Gasteiger partial charge in [0, 0.05) is 6.54 Å². The Morgan fingerprint density at radius 1 is 1.36 bits per heavy atom. The van der Waals surface area contributed by atoms with E-state index in [4.69, 9.17) is 4.74 Å². The second-order valence-corrected chi connectivity index (χ2v) is 5.62. The van der Waals surface area contributed by atoms with Crippen molar-refractivity contribution in [3.63, 3.8) is 0 Å². The first-order valence-corrected chi connectivity index (χ1v) is 5.79. The van der Waals surface area contributed by atoms with Crippen LogP contribution in [0.1, 0.15) is 27.7 Å². The first kappa shape index (κ1) is 13.9. The van der Waals surface area contributed by atoms with Crippen LogP contribution in [0.2, 0.25) is 0 Å². The third-order valence-corrected chi connectivity index (χ3v) is 2.34. The van der Waals surface area contributed by atoms with Crippen LogP contribution in [0.25, 0.3) is 0 Å². The van der Waals surface area contributed by atoms with Gasteiger partial charge in [0.2, 0.25) is 0 Å². The number of halogens is 1. The van der Waals surface area contributed by atoms with Crippen LogP contribution in [0.4, 0.5) is 0 Å². The summed E-state index contributed by atoms with van der Waals surface area (Å²) in [7, 11) is 0. The van der Waals surface area contributed by atoms with Crippen molar-refractivity contribution in [3.8, 4) is 0 Å². The van der Waals surface area contributed by atoms with Gasteiger partial charge in [-0.25, -0.2) is 0 Å². The fourth-order valence-corrected chi connectivity index (χ4v) is 1.09. The van der Waals surface area contributed by atoms with Crippen molar-refractivity contribution in [1.82, 2.24) is 4.90 Å². The van der Waals surface area contributed by atoms with Crippen LogP contribution in [0.15, 0.2) is 0 Å². The molecule has 0 saturated heterocycles. The lowest BCUT2D eigenvalue weighted by molar-refractivity contribution is -0.145. The van der Waals surface area contributed by atoms with Crippen molar-refractivity contribution >= 4 is 21.9 Å². The third kappa shape index (κ3) is 5.60. The summed E-state index contributed by atoms with van der Waals surface area (Å²) in [6.07, 6.45) is 0. The Morgan fingerprint density at radius 3 is 2.21 bits per heavy atom. The second-order valence-electron chi connectivity index (χ2n) is 3.64. The monoisotopic (exact) mass is 265 g/mol. The molecule has 0 rings (SSSR count). The van der Waals surface area contributed by atoms with Gasteiger partial charge in [0.1, 0.15) is 10.9 Å². The van der Waals surface area contributed by atoms with Gasteiger partial charge in [0.15, 0.2) is 0 Å². The van der Waals surface area contributed by atoms with Crippen LogP contribution in [-0.4, -0.2) is 41.4 Å². The zero-order chi connectivity index (χ0) is 11.2. The molecule has 0 atom stereocenters. The first-order chi connectivity index (χ1) is 6.41. The van der Waals surface area contributed by atoms with E-state index in [-0.39, 0.29) is 5.97 Å². The van der Waals surface area contributed by atoms with E-state index < -0.39 is 4.32 Å². The Bertz CT molecular complexity index is 173. The summed E-state index contributed by atoms with van der Waals surface area (Å²) < 4.78 is 4.54. The highest BCUT2D eigenvalue weighted by atomic mass is 79.9. The van der Waals surface area contributed by atoms with Gasteiger partial charge in [0.05, 0.1) is 0 Å². The molecule has 0 aliphatic heterocycles. The molecule has 0 aromatic heterocycles. The van der Waals surface area contributed by atoms with Crippen molar-refractivity contribution in [1.29, 1.82) is 0 Å². The van der Waals surface area contributed by atoms with Gasteiger partial charge < -0.3 is 9.64 Å². The highest BCUT2D eigenvalue weighted by Gasteiger charge is 2.25. The summed E-state index contributed by atoms with van der Waals surface area (Å²) in [5, 5.41) is 0. The van der Waals surface area contributed by atoms with E-state index in [2.05, 4.69) is 34.7 Å². The van der Waals surface area contributed by atoms with E-state index in [9.17, 15) is 4.79 Å². The molecular weight excluding hydrogens is 246 g/mol. The number of rotatable bonds is 6. The lowest BCUT2D eigenvalue weighted by Gasteiger charge is -2.19. The van der Waals surface area contributed by atoms with Crippen LogP contribution in [0, 0.1) is 0 Å². The largest absolute Gasteiger partial charge is 0.463 e. The van der Waals surface area contributed by atoms with Crippen molar-refractivity contribution in [2.24, 2.45) is 0 Å². The molecule has 0 aromatic carbocycles. The molecule has 0 spiro atoms. The van der Waals surface area contributed by atoms with Gasteiger partial charge in [-0.2, -0.15) is 0 Å². The average molecular weight is 266 g/mol. The molecule has 0 radical (unpaired) electrons. The fourth-order valence-electron chi connectivity index (χ4n) is 0.979. The molecule has 14 heavy (non-hydrogen) atoms. The molecule has 4 heteroatoms. The first-order valence-electron chi connectivity index (χ1n) is 5.00. The molecule has 0 aromatic rings. The van der Waals surface area contributed by atoms with Crippen LogP contribution < -0.4 is 0 Å². The van der Waals surface area contributed by atoms with Crippen LogP contribution in [-0.2, 0) is 9.53 Å². The predicted molar refractivity (Wildman–Crippen MR) is 61.8 cm³/mol. The number of hydrogen-bond acceptors (Lipinski definition) is 3. The maximum Gasteiger partial charge on any atom is 0.322 e. The molecule has 0 heterocycles. The van der Waals surface area contributed by atoms with Crippen LogP contribution in [0.3, 0.4) is 0 Å². The summed E-state index contributed by atoms with van der Waals surface area (Å²) >= 11 is 3.26. The molecule has 3 nitrogen and oxygen atoms in total. The minimum Gasteiger partial charge on any atom is -0.463 e. The minimum absolute atomic E-state index is 0.204. The molecule has 0 amide bonds.